The summed E-state index contributed by atoms with van der Waals surface area (Å²) in [4.78, 5) is 0. The third-order valence-corrected chi connectivity index (χ3v) is 3.86. The number of aliphatic hydroxyl groups excluding tert-OH is 2. The van der Waals surface area contributed by atoms with Gasteiger partial charge in [0.2, 0.25) is 0 Å². The van der Waals surface area contributed by atoms with Crippen LogP contribution in [0.15, 0.2) is 48.5 Å². The summed E-state index contributed by atoms with van der Waals surface area (Å²) in [5.41, 5.74) is 3.83. The van der Waals surface area contributed by atoms with Crippen LogP contribution in [0.25, 0.3) is 0 Å². The van der Waals surface area contributed by atoms with Gasteiger partial charge in [0, 0.05) is 5.41 Å². The van der Waals surface area contributed by atoms with E-state index in [-0.39, 0.29) is 13.2 Å². The van der Waals surface area contributed by atoms with Crippen LogP contribution in [0.5, 0.6) is 0 Å². The third-order valence-electron chi connectivity index (χ3n) is 3.86. The van der Waals surface area contributed by atoms with Crippen LogP contribution in [-0.2, 0) is 11.8 Å². The van der Waals surface area contributed by atoms with Crippen molar-refractivity contribution in [3.8, 4) is 0 Å². The minimum absolute atomic E-state index is 0.0686. The van der Waals surface area contributed by atoms with Gasteiger partial charge in [0.15, 0.2) is 0 Å². The van der Waals surface area contributed by atoms with Crippen LogP contribution in [0.1, 0.15) is 22.3 Å². The van der Waals surface area contributed by atoms with E-state index in [1.54, 1.807) is 0 Å². The van der Waals surface area contributed by atoms with Crippen molar-refractivity contribution >= 4 is 0 Å². The molecule has 0 amide bonds. The Hall–Kier alpha value is -1.64. The Morgan fingerprint density at radius 2 is 1.45 bits per heavy atom. The van der Waals surface area contributed by atoms with Crippen LogP contribution >= 0.6 is 0 Å². The summed E-state index contributed by atoms with van der Waals surface area (Å²) in [6, 6.07) is 16.2. The summed E-state index contributed by atoms with van der Waals surface area (Å²) >= 11 is 0. The molecule has 0 fully saturated rings. The number of aryl methyl sites for hydroxylation is 2. The SMILES string of the molecule is Cc1cccc(CC(CO)(CO)c2cccc(C)c2)c1. The monoisotopic (exact) mass is 270 g/mol. The number of hydrogen-bond acceptors (Lipinski definition) is 2. The molecule has 0 atom stereocenters. The molecule has 0 heterocycles. The largest absolute Gasteiger partial charge is 0.395 e. The second-order valence-electron chi connectivity index (χ2n) is 5.63. The lowest BCUT2D eigenvalue weighted by molar-refractivity contribution is 0.116. The highest BCUT2D eigenvalue weighted by atomic mass is 16.3. The smallest absolute Gasteiger partial charge is 0.0553 e. The van der Waals surface area contributed by atoms with Gasteiger partial charge in [-0.25, -0.2) is 0 Å². The van der Waals surface area contributed by atoms with E-state index in [4.69, 9.17) is 0 Å². The maximum atomic E-state index is 9.89. The van der Waals surface area contributed by atoms with Gasteiger partial charge in [-0.05, 0) is 31.4 Å². The Morgan fingerprint density at radius 1 is 0.850 bits per heavy atom. The Bertz CT molecular complexity index is 571. The van der Waals surface area contributed by atoms with Gasteiger partial charge in [-0.3, -0.25) is 0 Å². The first-order valence-electron chi connectivity index (χ1n) is 6.94. The molecular formula is C18H22O2. The summed E-state index contributed by atoms with van der Waals surface area (Å²) in [6.07, 6.45) is 0.630. The fraction of sp³-hybridized carbons (Fsp3) is 0.333. The molecule has 0 saturated heterocycles. The van der Waals surface area contributed by atoms with Crippen LogP contribution in [0.2, 0.25) is 0 Å². The van der Waals surface area contributed by atoms with E-state index >= 15 is 0 Å². The molecule has 0 aliphatic heterocycles. The average Bonchev–Trinajstić information content (AvgIpc) is 2.45. The summed E-state index contributed by atoms with van der Waals surface area (Å²) in [7, 11) is 0. The van der Waals surface area contributed by atoms with E-state index in [2.05, 4.69) is 19.1 Å². The number of aliphatic hydroxyl groups is 2. The van der Waals surface area contributed by atoms with Crippen LogP contribution in [0, 0.1) is 13.8 Å². The minimum atomic E-state index is -0.625. The van der Waals surface area contributed by atoms with E-state index in [0.29, 0.717) is 6.42 Å². The van der Waals surface area contributed by atoms with Gasteiger partial charge in [-0.1, -0.05) is 59.7 Å². The van der Waals surface area contributed by atoms with Crippen molar-refractivity contribution in [3.63, 3.8) is 0 Å². The molecule has 0 bridgehead atoms. The predicted molar refractivity (Wildman–Crippen MR) is 81.9 cm³/mol. The van der Waals surface area contributed by atoms with Crippen LogP contribution in [0.4, 0.5) is 0 Å². The number of benzene rings is 2. The molecule has 0 spiro atoms. The Labute approximate surface area is 120 Å². The van der Waals surface area contributed by atoms with Crippen LogP contribution in [0.3, 0.4) is 0 Å². The zero-order valence-electron chi connectivity index (χ0n) is 12.1. The molecule has 20 heavy (non-hydrogen) atoms. The molecule has 0 aliphatic carbocycles. The van der Waals surface area contributed by atoms with Gasteiger partial charge in [-0.2, -0.15) is 0 Å². The highest BCUT2D eigenvalue weighted by Gasteiger charge is 2.31. The first-order chi connectivity index (χ1) is 9.59. The predicted octanol–water partition coefficient (Wildman–Crippen LogP) is 2.77. The molecule has 0 radical (unpaired) electrons. The third kappa shape index (κ3) is 3.09. The molecule has 0 aromatic heterocycles. The molecular weight excluding hydrogens is 248 g/mol. The van der Waals surface area contributed by atoms with Crippen molar-refractivity contribution < 1.29 is 10.2 Å². The Balaban J connectivity index is 2.39. The average molecular weight is 270 g/mol. The summed E-state index contributed by atoms with van der Waals surface area (Å²) in [6.45, 7) is 3.94. The normalized spacial score (nSPS) is 11.6. The number of rotatable bonds is 5. The van der Waals surface area contributed by atoms with Crippen molar-refractivity contribution in [2.45, 2.75) is 25.7 Å². The highest BCUT2D eigenvalue weighted by Crippen LogP contribution is 2.29. The lowest BCUT2D eigenvalue weighted by Gasteiger charge is -2.31. The van der Waals surface area contributed by atoms with E-state index in [1.807, 2.05) is 43.3 Å². The summed E-state index contributed by atoms with van der Waals surface area (Å²) in [5.74, 6) is 0. The maximum Gasteiger partial charge on any atom is 0.0553 e. The van der Waals surface area contributed by atoms with Crippen LogP contribution in [-0.4, -0.2) is 23.4 Å². The van der Waals surface area contributed by atoms with Gasteiger partial charge < -0.3 is 10.2 Å². The van der Waals surface area contributed by atoms with Crippen molar-refractivity contribution in [1.29, 1.82) is 0 Å². The number of hydrogen-bond donors (Lipinski definition) is 2. The van der Waals surface area contributed by atoms with Gasteiger partial charge in [0.25, 0.3) is 0 Å². The van der Waals surface area contributed by atoms with E-state index < -0.39 is 5.41 Å². The molecule has 0 aliphatic rings. The first-order valence-corrected chi connectivity index (χ1v) is 6.94. The lowest BCUT2D eigenvalue weighted by atomic mass is 9.76. The second-order valence-corrected chi connectivity index (χ2v) is 5.63. The quantitative estimate of drug-likeness (QED) is 0.877. The van der Waals surface area contributed by atoms with Gasteiger partial charge >= 0.3 is 0 Å². The molecule has 106 valence electrons. The molecule has 2 nitrogen and oxygen atoms in total. The van der Waals surface area contributed by atoms with E-state index in [1.165, 1.54) is 5.56 Å². The van der Waals surface area contributed by atoms with Gasteiger partial charge in [-0.15, -0.1) is 0 Å². The van der Waals surface area contributed by atoms with Crippen molar-refractivity contribution in [1.82, 2.24) is 0 Å². The molecule has 2 heteroatoms. The topological polar surface area (TPSA) is 40.5 Å². The Morgan fingerprint density at radius 3 is 2.00 bits per heavy atom. The lowest BCUT2D eigenvalue weighted by Crippen LogP contribution is -2.37. The second kappa shape index (κ2) is 6.21. The molecule has 0 saturated carbocycles. The van der Waals surface area contributed by atoms with Crippen LogP contribution < -0.4 is 0 Å². The Kier molecular flexibility index (Phi) is 4.58. The van der Waals surface area contributed by atoms with Gasteiger partial charge in [0.1, 0.15) is 0 Å². The highest BCUT2D eigenvalue weighted by molar-refractivity contribution is 5.34. The molecule has 2 aromatic rings. The summed E-state index contributed by atoms with van der Waals surface area (Å²) < 4.78 is 0. The fourth-order valence-corrected chi connectivity index (χ4v) is 2.63. The maximum absolute atomic E-state index is 9.89. The van der Waals surface area contributed by atoms with E-state index in [0.717, 1.165) is 16.7 Å². The molecule has 2 aromatic carbocycles. The standard InChI is InChI=1S/C18H22O2/c1-14-5-3-7-16(9-14)11-18(12-19,13-20)17-8-4-6-15(2)10-17/h3-10,19-20H,11-13H2,1-2H3. The molecule has 2 rings (SSSR count). The zero-order valence-corrected chi connectivity index (χ0v) is 12.1. The fourth-order valence-electron chi connectivity index (χ4n) is 2.63. The van der Waals surface area contributed by atoms with E-state index in [9.17, 15) is 10.2 Å². The zero-order chi connectivity index (χ0) is 14.6. The first kappa shape index (κ1) is 14.8. The molecule has 2 N–H and O–H groups in total. The van der Waals surface area contributed by atoms with Crippen molar-refractivity contribution in [3.05, 3.63) is 70.8 Å². The van der Waals surface area contributed by atoms with Gasteiger partial charge in [0.05, 0.1) is 13.2 Å². The summed E-state index contributed by atoms with van der Waals surface area (Å²) in [5, 5.41) is 19.8. The molecule has 0 unspecified atom stereocenters. The minimum Gasteiger partial charge on any atom is -0.395 e. The van der Waals surface area contributed by atoms with Crippen molar-refractivity contribution in [2.24, 2.45) is 0 Å². The van der Waals surface area contributed by atoms with Crippen molar-refractivity contribution in [2.75, 3.05) is 13.2 Å².